The van der Waals surface area contributed by atoms with E-state index in [4.69, 9.17) is 14.2 Å². The lowest BCUT2D eigenvalue weighted by atomic mass is 9.89. The minimum atomic E-state index is -0.808. The highest BCUT2D eigenvalue weighted by molar-refractivity contribution is 5.97. The number of nitrogens with one attached hydrogen (secondary N) is 1. The van der Waals surface area contributed by atoms with Crippen molar-refractivity contribution in [2.75, 3.05) is 14.2 Å². The van der Waals surface area contributed by atoms with Crippen LogP contribution in [-0.2, 0) is 16.0 Å². The van der Waals surface area contributed by atoms with E-state index in [1.165, 1.54) is 24.9 Å². The molecule has 8 heteroatoms. The molecule has 1 saturated heterocycles. The lowest BCUT2D eigenvalue weighted by molar-refractivity contribution is -0.151. The van der Waals surface area contributed by atoms with Crippen LogP contribution in [0, 0.1) is 5.92 Å². The van der Waals surface area contributed by atoms with Crippen molar-refractivity contribution >= 4 is 11.9 Å². The van der Waals surface area contributed by atoms with Crippen LogP contribution in [0.2, 0.25) is 0 Å². The summed E-state index contributed by atoms with van der Waals surface area (Å²) >= 11 is 0. The number of hydrogen-bond acceptors (Lipinski definition) is 7. The van der Waals surface area contributed by atoms with E-state index in [1.54, 1.807) is 7.11 Å². The van der Waals surface area contributed by atoms with Crippen molar-refractivity contribution in [3.8, 4) is 17.2 Å². The number of cyclic esters (lactones) is 1. The molecule has 0 aliphatic carbocycles. The predicted molar refractivity (Wildman–Crippen MR) is 118 cm³/mol. The highest BCUT2D eigenvalue weighted by Crippen LogP contribution is 2.28. The van der Waals surface area contributed by atoms with E-state index in [1.807, 2.05) is 19.1 Å². The summed E-state index contributed by atoms with van der Waals surface area (Å²) in [4.78, 5) is 29.3. The number of pyridine rings is 1. The second-order valence-electron chi connectivity index (χ2n) is 8.07. The molecular weight excluding hydrogens is 412 g/mol. The number of ether oxygens (including phenoxy) is 3. The molecule has 1 aromatic heterocycles. The first-order valence-electron chi connectivity index (χ1n) is 10.8. The molecule has 0 spiro atoms. The van der Waals surface area contributed by atoms with E-state index in [2.05, 4.69) is 22.4 Å². The summed E-state index contributed by atoms with van der Waals surface area (Å²) in [5.41, 5.74) is 1.01. The van der Waals surface area contributed by atoms with Gasteiger partial charge in [-0.05, 0) is 56.2 Å². The molecule has 32 heavy (non-hydrogen) atoms. The predicted octanol–water partition coefficient (Wildman–Crippen LogP) is 3.27. The van der Waals surface area contributed by atoms with Crippen LogP contribution in [0.3, 0.4) is 0 Å². The molecule has 1 aliphatic rings. The number of rotatable bonds is 6. The fourth-order valence-corrected chi connectivity index (χ4v) is 4.05. The van der Waals surface area contributed by atoms with Gasteiger partial charge in [-0.1, -0.05) is 18.6 Å². The number of nitrogens with zero attached hydrogens (tertiary/aromatic N) is 1. The average molecular weight is 443 g/mol. The van der Waals surface area contributed by atoms with Crippen LogP contribution in [0.15, 0.2) is 36.5 Å². The third-order valence-electron chi connectivity index (χ3n) is 5.68. The zero-order valence-electron chi connectivity index (χ0n) is 18.7. The van der Waals surface area contributed by atoms with Crippen molar-refractivity contribution in [2.45, 2.75) is 51.2 Å². The van der Waals surface area contributed by atoms with Crippen LogP contribution in [0.25, 0.3) is 0 Å². The Morgan fingerprint density at radius 1 is 1.19 bits per heavy atom. The Morgan fingerprint density at radius 2 is 1.94 bits per heavy atom. The molecule has 1 aliphatic heterocycles. The third kappa shape index (κ3) is 5.90. The van der Waals surface area contributed by atoms with E-state index in [9.17, 15) is 14.7 Å². The maximum atomic E-state index is 12.7. The molecule has 2 aromatic rings. The van der Waals surface area contributed by atoms with Crippen molar-refractivity contribution in [2.24, 2.45) is 5.92 Å². The Hall–Kier alpha value is -3.29. The molecule has 0 radical (unpaired) electrons. The highest BCUT2D eigenvalue weighted by Gasteiger charge is 2.29. The molecule has 3 atom stereocenters. The minimum Gasteiger partial charge on any atom is -0.503 e. The van der Waals surface area contributed by atoms with Gasteiger partial charge in [-0.25, -0.2) is 9.78 Å². The van der Waals surface area contributed by atoms with Crippen molar-refractivity contribution in [3.05, 3.63) is 47.8 Å². The Labute approximate surface area is 187 Å². The van der Waals surface area contributed by atoms with Gasteiger partial charge in [0.15, 0.2) is 17.2 Å². The van der Waals surface area contributed by atoms with Crippen LogP contribution in [0.1, 0.15) is 48.7 Å². The van der Waals surface area contributed by atoms with Gasteiger partial charge in [-0.15, -0.1) is 0 Å². The zero-order chi connectivity index (χ0) is 23.1. The summed E-state index contributed by atoms with van der Waals surface area (Å²) in [5, 5.41) is 12.8. The minimum absolute atomic E-state index is 0.136. The number of amides is 1. The number of esters is 1. The second-order valence-corrected chi connectivity index (χ2v) is 8.07. The Balaban J connectivity index is 1.65. The second kappa shape index (κ2) is 10.8. The quantitative estimate of drug-likeness (QED) is 0.661. The number of aromatic hydroxyl groups is 1. The van der Waals surface area contributed by atoms with Crippen LogP contribution >= 0.6 is 0 Å². The maximum Gasteiger partial charge on any atom is 0.328 e. The maximum absolute atomic E-state index is 12.7. The molecule has 2 heterocycles. The van der Waals surface area contributed by atoms with E-state index < -0.39 is 17.9 Å². The number of hydrogen-bond donors (Lipinski definition) is 2. The monoisotopic (exact) mass is 442 g/mol. The van der Waals surface area contributed by atoms with Crippen LogP contribution in [0.4, 0.5) is 0 Å². The lowest BCUT2D eigenvalue weighted by Crippen LogP contribution is -2.42. The summed E-state index contributed by atoms with van der Waals surface area (Å²) in [5.74, 6) is -0.178. The van der Waals surface area contributed by atoms with Gasteiger partial charge in [0.05, 0.1) is 20.3 Å². The number of carbonyl (C=O) groups excluding carboxylic acids is 2. The molecule has 172 valence electrons. The van der Waals surface area contributed by atoms with Crippen LogP contribution in [0.5, 0.6) is 17.2 Å². The first kappa shape index (κ1) is 23.4. The summed E-state index contributed by atoms with van der Waals surface area (Å²) in [7, 11) is 3.03. The van der Waals surface area contributed by atoms with Crippen LogP contribution < -0.4 is 14.8 Å². The lowest BCUT2D eigenvalue weighted by Gasteiger charge is -2.20. The van der Waals surface area contributed by atoms with Gasteiger partial charge >= 0.3 is 5.97 Å². The van der Waals surface area contributed by atoms with Gasteiger partial charge in [0, 0.05) is 12.3 Å². The Bertz CT molecular complexity index is 931. The molecular formula is C24H30N2O6. The van der Waals surface area contributed by atoms with E-state index >= 15 is 0 Å². The number of benzene rings is 1. The molecule has 2 N–H and O–H groups in total. The third-order valence-corrected chi connectivity index (χ3v) is 5.68. The molecule has 0 saturated carbocycles. The molecule has 2 unspecified atom stereocenters. The summed E-state index contributed by atoms with van der Waals surface area (Å²) in [6, 6.07) is 8.64. The number of aromatic nitrogens is 1. The molecule has 8 nitrogen and oxygen atoms in total. The Morgan fingerprint density at radius 3 is 2.62 bits per heavy atom. The van der Waals surface area contributed by atoms with Crippen LogP contribution in [-0.4, -0.2) is 48.3 Å². The summed E-state index contributed by atoms with van der Waals surface area (Å²) in [6.45, 7) is 1.87. The van der Waals surface area contributed by atoms with Crippen molar-refractivity contribution in [1.82, 2.24) is 10.3 Å². The van der Waals surface area contributed by atoms with Gasteiger partial charge in [-0.2, -0.15) is 0 Å². The van der Waals surface area contributed by atoms with E-state index in [-0.39, 0.29) is 23.3 Å². The number of methoxy groups -OCH3 is 2. The molecule has 1 aromatic carbocycles. The molecule has 0 bridgehead atoms. The molecule has 1 amide bonds. The molecule has 1 fully saturated rings. The first-order chi connectivity index (χ1) is 15.4. The van der Waals surface area contributed by atoms with Gasteiger partial charge in [0.25, 0.3) is 5.91 Å². The van der Waals surface area contributed by atoms with Gasteiger partial charge in [-0.3, -0.25) is 4.79 Å². The fraction of sp³-hybridized carbons (Fsp3) is 0.458. The standard InChI is InChI=1S/C24H30N2O6/c1-15-13-17(14-16-7-9-18(30-2)10-8-16)5-4-6-19(24(29)32-15)26-23(28)21-22(27)20(31-3)11-12-25-21/h7-12,15,17,19,27H,4-6,13-14H2,1-3H3,(H,26,28)/t15?,17?,19-/m0/s1. The Kier molecular flexibility index (Phi) is 7.92. The average Bonchev–Trinajstić information content (AvgIpc) is 2.84. The molecule has 3 rings (SSSR count). The fourth-order valence-electron chi connectivity index (χ4n) is 4.05. The smallest absolute Gasteiger partial charge is 0.328 e. The van der Waals surface area contributed by atoms with E-state index in [0.717, 1.165) is 31.4 Å². The number of carbonyl (C=O) groups is 2. The van der Waals surface area contributed by atoms with Crippen molar-refractivity contribution in [1.29, 1.82) is 0 Å². The van der Waals surface area contributed by atoms with Gasteiger partial charge in [0.1, 0.15) is 11.8 Å². The first-order valence-corrected chi connectivity index (χ1v) is 10.8. The van der Waals surface area contributed by atoms with Gasteiger partial charge in [0.2, 0.25) is 0 Å². The topological polar surface area (TPSA) is 107 Å². The normalized spacial score (nSPS) is 21.5. The SMILES string of the molecule is COc1ccc(CC2CCC[C@H](NC(=O)c3nccc(OC)c3O)C(=O)OC(C)C2)cc1. The highest BCUT2D eigenvalue weighted by atomic mass is 16.5. The van der Waals surface area contributed by atoms with Gasteiger partial charge < -0.3 is 24.6 Å². The van der Waals surface area contributed by atoms with E-state index in [0.29, 0.717) is 12.3 Å². The summed E-state index contributed by atoms with van der Waals surface area (Å²) < 4.78 is 15.9. The van der Waals surface area contributed by atoms with Crippen molar-refractivity contribution in [3.63, 3.8) is 0 Å². The summed E-state index contributed by atoms with van der Waals surface area (Å²) in [6.07, 6.45) is 4.82. The largest absolute Gasteiger partial charge is 0.503 e. The van der Waals surface area contributed by atoms with Crippen molar-refractivity contribution < 1.29 is 28.9 Å². The zero-order valence-corrected chi connectivity index (χ0v) is 18.7.